The van der Waals surface area contributed by atoms with Gasteiger partial charge in [-0.25, -0.2) is 0 Å². The van der Waals surface area contributed by atoms with Gasteiger partial charge >= 0.3 is 0 Å². The van der Waals surface area contributed by atoms with Crippen molar-refractivity contribution in [3.8, 4) is 0 Å². The van der Waals surface area contributed by atoms with Gasteiger partial charge in [-0.1, -0.05) is 225 Å². The predicted molar refractivity (Wildman–Crippen MR) is 240 cm³/mol. The van der Waals surface area contributed by atoms with Crippen LogP contribution >= 0.6 is 0 Å². The number of amides is 1. The van der Waals surface area contributed by atoms with Crippen molar-refractivity contribution in [2.75, 3.05) is 13.2 Å². The summed E-state index contributed by atoms with van der Waals surface area (Å²) in [5.41, 5.74) is 0. The van der Waals surface area contributed by atoms with Crippen LogP contribution in [0.3, 0.4) is 0 Å². The van der Waals surface area contributed by atoms with Gasteiger partial charge in [-0.05, 0) is 19.3 Å². The number of aliphatic hydroxyl groups excluding tert-OH is 5. The highest BCUT2D eigenvalue weighted by Crippen LogP contribution is 2.23. The topological polar surface area (TPSA) is 149 Å². The van der Waals surface area contributed by atoms with Crippen LogP contribution in [0.2, 0.25) is 0 Å². The van der Waals surface area contributed by atoms with Crippen LogP contribution in [0.4, 0.5) is 0 Å². The Balaban J connectivity index is 2.30. The maximum atomic E-state index is 13.0. The first kappa shape index (κ1) is 54.9. The Labute approximate surface area is 356 Å². The van der Waals surface area contributed by atoms with Crippen LogP contribution in [0.1, 0.15) is 239 Å². The molecule has 0 aromatic heterocycles. The first-order chi connectivity index (χ1) is 28.3. The molecule has 0 saturated carbocycles. The van der Waals surface area contributed by atoms with Gasteiger partial charge in [-0.2, -0.15) is 0 Å². The van der Waals surface area contributed by atoms with Crippen molar-refractivity contribution < 1.29 is 39.8 Å². The molecule has 1 aliphatic rings. The molecule has 0 aromatic rings. The first-order valence-electron chi connectivity index (χ1n) is 24.9. The van der Waals surface area contributed by atoms with E-state index in [1.165, 1.54) is 180 Å². The first-order valence-corrected chi connectivity index (χ1v) is 24.9. The summed E-state index contributed by atoms with van der Waals surface area (Å²) in [5.74, 6) is -0.172. The van der Waals surface area contributed by atoms with E-state index in [4.69, 9.17) is 9.47 Å². The van der Waals surface area contributed by atoms with Crippen molar-refractivity contribution in [1.29, 1.82) is 0 Å². The van der Waals surface area contributed by atoms with E-state index in [-0.39, 0.29) is 12.5 Å². The normalized spacial score (nSPS) is 20.8. The minimum Gasteiger partial charge on any atom is -0.394 e. The van der Waals surface area contributed by atoms with E-state index in [9.17, 15) is 30.3 Å². The monoisotopic (exact) mass is 826 g/mol. The fraction of sp³-hybridized carbons (Fsp3) is 0.939. The number of hydrogen-bond acceptors (Lipinski definition) is 8. The molecule has 1 fully saturated rings. The number of rotatable bonds is 42. The summed E-state index contributed by atoms with van der Waals surface area (Å²) in [5, 5.41) is 54.3. The zero-order valence-electron chi connectivity index (χ0n) is 37.8. The van der Waals surface area contributed by atoms with Gasteiger partial charge in [0.2, 0.25) is 5.91 Å². The van der Waals surface area contributed by atoms with Crippen molar-refractivity contribution in [2.45, 2.75) is 281 Å². The highest BCUT2D eigenvalue weighted by atomic mass is 16.7. The largest absolute Gasteiger partial charge is 0.394 e. The lowest BCUT2D eigenvalue weighted by Crippen LogP contribution is -2.60. The second-order valence-electron chi connectivity index (χ2n) is 17.6. The van der Waals surface area contributed by atoms with Crippen LogP contribution < -0.4 is 5.32 Å². The molecule has 1 amide bonds. The number of unbranched alkanes of at least 4 members (excludes halogenated alkanes) is 32. The van der Waals surface area contributed by atoms with Crippen LogP contribution in [0.5, 0.6) is 0 Å². The Hall–Kier alpha value is -1.07. The molecule has 7 atom stereocenters. The van der Waals surface area contributed by atoms with E-state index in [0.717, 1.165) is 38.5 Å². The molecule has 0 radical (unpaired) electrons. The van der Waals surface area contributed by atoms with Crippen molar-refractivity contribution in [3.05, 3.63) is 12.2 Å². The summed E-state index contributed by atoms with van der Waals surface area (Å²) < 4.78 is 11.2. The van der Waals surface area contributed by atoms with Crippen LogP contribution in [0, 0.1) is 0 Å². The second kappa shape index (κ2) is 40.0. The van der Waals surface area contributed by atoms with Gasteiger partial charge in [0, 0.05) is 6.42 Å². The Morgan fingerprint density at radius 3 is 1.34 bits per heavy atom. The molecule has 1 rings (SSSR count). The Morgan fingerprint density at radius 1 is 0.569 bits per heavy atom. The summed E-state index contributed by atoms with van der Waals surface area (Å²) in [6.07, 6.45) is 39.7. The van der Waals surface area contributed by atoms with Gasteiger partial charge < -0.3 is 40.3 Å². The van der Waals surface area contributed by atoms with Gasteiger partial charge in [-0.3, -0.25) is 4.79 Å². The number of ether oxygens (including phenoxy) is 2. The summed E-state index contributed by atoms with van der Waals surface area (Å²) in [7, 11) is 0. The van der Waals surface area contributed by atoms with Gasteiger partial charge in [0.25, 0.3) is 0 Å². The zero-order valence-corrected chi connectivity index (χ0v) is 37.8. The molecule has 9 heteroatoms. The summed E-state index contributed by atoms with van der Waals surface area (Å²) >= 11 is 0. The molecule has 0 spiro atoms. The molecule has 1 saturated heterocycles. The third-order valence-electron chi connectivity index (χ3n) is 12.1. The summed E-state index contributed by atoms with van der Waals surface area (Å²) in [6, 6.07) is -0.798. The lowest BCUT2D eigenvalue weighted by atomic mass is 9.99. The Bertz CT molecular complexity index is 919. The summed E-state index contributed by atoms with van der Waals surface area (Å²) in [6.45, 7) is 3.80. The van der Waals surface area contributed by atoms with Gasteiger partial charge in [-0.15, -0.1) is 0 Å². The van der Waals surface area contributed by atoms with Crippen LogP contribution in [-0.2, 0) is 14.3 Å². The van der Waals surface area contributed by atoms with Gasteiger partial charge in [0.15, 0.2) is 6.29 Å². The predicted octanol–water partition coefficient (Wildman–Crippen LogP) is 10.9. The molecule has 9 nitrogen and oxygen atoms in total. The summed E-state index contributed by atoms with van der Waals surface area (Å²) in [4.78, 5) is 13.0. The van der Waals surface area contributed by atoms with Crippen molar-refractivity contribution in [1.82, 2.24) is 5.32 Å². The fourth-order valence-electron chi connectivity index (χ4n) is 8.10. The highest BCUT2D eigenvalue weighted by molar-refractivity contribution is 5.76. The van der Waals surface area contributed by atoms with E-state index in [2.05, 4.69) is 19.2 Å². The number of carbonyl (C=O) groups is 1. The van der Waals surface area contributed by atoms with E-state index in [1.807, 2.05) is 6.08 Å². The average Bonchev–Trinajstić information content (AvgIpc) is 3.22. The second-order valence-corrected chi connectivity index (χ2v) is 17.6. The van der Waals surface area contributed by atoms with E-state index < -0.39 is 49.5 Å². The maximum Gasteiger partial charge on any atom is 0.220 e. The number of carbonyl (C=O) groups excluding carboxylic acids is 1. The number of nitrogens with one attached hydrogen (secondary N) is 1. The van der Waals surface area contributed by atoms with Gasteiger partial charge in [0.1, 0.15) is 24.4 Å². The number of hydrogen-bond donors (Lipinski definition) is 6. The SMILES string of the molecule is CCCCCCCCCCCCCCCC/C=C/[C@@H](O)[C@H](CO[C@H]1O[C@@H](CO)[C@H](O)C(O)C1O)NC(=O)CCCCCCCCCCCCCCCCCCCCC. The van der Waals surface area contributed by atoms with Crippen LogP contribution in [0.25, 0.3) is 0 Å². The smallest absolute Gasteiger partial charge is 0.220 e. The lowest BCUT2D eigenvalue weighted by Gasteiger charge is -2.40. The number of allylic oxidation sites excluding steroid dienone is 1. The lowest BCUT2D eigenvalue weighted by molar-refractivity contribution is -0.302. The third-order valence-corrected chi connectivity index (χ3v) is 12.1. The molecular formula is C49H95NO8. The zero-order chi connectivity index (χ0) is 42.3. The molecule has 0 aromatic carbocycles. The highest BCUT2D eigenvalue weighted by Gasteiger charge is 2.44. The van der Waals surface area contributed by atoms with Crippen LogP contribution in [-0.4, -0.2) is 87.5 Å². The standard InChI is InChI=1S/C49H95NO8/c1-3-5-7-9-11-13-15-17-19-21-22-23-25-27-29-31-33-35-37-39-45(53)50-42(41-57-49-48(56)47(55)46(54)44(40-51)58-49)43(52)38-36-34-32-30-28-26-24-20-18-16-14-12-10-8-6-4-2/h36,38,42-44,46-49,51-52,54-56H,3-35,37,39-41H2,1-2H3,(H,50,53)/b38-36+/t42-,43+,44-,46-,47?,48?,49-/m0/s1. The van der Waals surface area contributed by atoms with Crippen molar-refractivity contribution in [3.63, 3.8) is 0 Å². The molecule has 2 unspecified atom stereocenters. The molecular weight excluding hydrogens is 731 g/mol. The quantitative estimate of drug-likeness (QED) is 0.0263. The molecule has 0 bridgehead atoms. The Morgan fingerprint density at radius 2 is 0.948 bits per heavy atom. The molecule has 0 aliphatic carbocycles. The average molecular weight is 826 g/mol. The minimum absolute atomic E-state index is 0.172. The van der Waals surface area contributed by atoms with Crippen molar-refractivity contribution in [2.24, 2.45) is 0 Å². The van der Waals surface area contributed by atoms with Gasteiger partial charge in [0.05, 0.1) is 25.4 Å². The molecule has 344 valence electrons. The molecule has 1 aliphatic heterocycles. The maximum absolute atomic E-state index is 13.0. The molecule has 6 N–H and O–H groups in total. The molecule has 1 heterocycles. The van der Waals surface area contributed by atoms with E-state index in [0.29, 0.717) is 6.42 Å². The number of aliphatic hydroxyl groups is 5. The minimum atomic E-state index is -1.56. The molecule has 58 heavy (non-hydrogen) atoms. The third kappa shape index (κ3) is 30.0. The fourth-order valence-corrected chi connectivity index (χ4v) is 8.10. The Kier molecular flexibility index (Phi) is 37.9. The van der Waals surface area contributed by atoms with Crippen molar-refractivity contribution >= 4 is 5.91 Å². The van der Waals surface area contributed by atoms with Crippen LogP contribution in [0.15, 0.2) is 12.2 Å². The van der Waals surface area contributed by atoms with E-state index in [1.54, 1.807) is 6.08 Å². The van der Waals surface area contributed by atoms with E-state index >= 15 is 0 Å².